The van der Waals surface area contributed by atoms with Gasteiger partial charge in [-0.1, -0.05) is 25.6 Å². The summed E-state index contributed by atoms with van der Waals surface area (Å²) in [6, 6.07) is 0. The Balaban J connectivity index is 2.59. The van der Waals surface area contributed by atoms with Crippen LogP contribution in [0.4, 0.5) is 0 Å². The van der Waals surface area contributed by atoms with Gasteiger partial charge in [0.25, 0.3) is 0 Å². The number of hydrogen-bond acceptors (Lipinski definition) is 4. The summed E-state index contributed by atoms with van der Waals surface area (Å²) < 4.78 is 0. The smallest absolute Gasteiger partial charge is 0.190 e. The lowest BCUT2D eigenvalue weighted by Crippen LogP contribution is -1.91. The molecular weight excluding hydrogens is 146 g/mol. The van der Waals surface area contributed by atoms with Crippen LogP contribution in [0.5, 0.6) is 0 Å². The molecule has 10 heavy (non-hydrogen) atoms. The van der Waals surface area contributed by atoms with Crippen LogP contribution in [-0.4, -0.2) is 20.2 Å². The minimum Gasteiger partial charge on any atom is -0.225 e. The van der Waals surface area contributed by atoms with Gasteiger partial charge in [0.1, 0.15) is 12.7 Å². The van der Waals surface area contributed by atoms with Gasteiger partial charge in [-0.15, -0.1) is 0 Å². The van der Waals surface area contributed by atoms with Gasteiger partial charge in [0, 0.05) is 5.25 Å². The van der Waals surface area contributed by atoms with E-state index in [2.05, 4.69) is 28.8 Å². The third-order valence-corrected chi connectivity index (χ3v) is 1.70. The highest BCUT2D eigenvalue weighted by Crippen LogP contribution is 2.16. The molecule has 0 aromatic carbocycles. The molecule has 0 amide bonds. The molecule has 0 saturated carbocycles. The van der Waals surface area contributed by atoms with Crippen molar-refractivity contribution in [2.75, 3.05) is 0 Å². The minimum atomic E-state index is 0.530. The fourth-order valence-electron chi connectivity index (χ4n) is 0.500. The van der Waals surface area contributed by atoms with Gasteiger partial charge >= 0.3 is 0 Å². The van der Waals surface area contributed by atoms with Crippen LogP contribution in [0.3, 0.4) is 0 Å². The Hall–Kier alpha value is -0.640. The van der Waals surface area contributed by atoms with Crippen molar-refractivity contribution in [2.24, 2.45) is 0 Å². The van der Waals surface area contributed by atoms with E-state index >= 15 is 0 Å². The molecule has 0 spiro atoms. The van der Waals surface area contributed by atoms with E-state index in [0.717, 1.165) is 5.16 Å². The lowest BCUT2D eigenvalue weighted by Gasteiger charge is -1.99. The summed E-state index contributed by atoms with van der Waals surface area (Å²) in [5.41, 5.74) is 0. The van der Waals surface area contributed by atoms with Gasteiger partial charge in [0.15, 0.2) is 5.16 Å². The third-order valence-electron chi connectivity index (χ3n) is 0.811. The maximum absolute atomic E-state index is 3.96. The monoisotopic (exact) mass is 155 g/mol. The molecule has 0 saturated heterocycles. The lowest BCUT2D eigenvalue weighted by molar-refractivity contribution is 0.895. The first-order valence-corrected chi connectivity index (χ1v) is 3.95. The van der Waals surface area contributed by atoms with E-state index in [-0.39, 0.29) is 0 Å². The largest absolute Gasteiger partial charge is 0.225 e. The zero-order valence-electron chi connectivity index (χ0n) is 5.98. The number of hydrogen-bond donors (Lipinski definition) is 0. The van der Waals surface area contributed by atoms with E-state index in [4.69, 9.17) is 0 Å². The average Bonchev–Trinajstić information content (AvgIpc) is 1.88. The maximum atomic E-state index is 3.96. The maximum Gasteiger partial charge on any atom is 0.190 e. The van der Waals surface area contributed by atoms with Gasteiger partial charge in [-0.2, -0.15) is 0 Å². The molecule has 54 valence electrons. The second-order valence-corrected chi connectivity index (χ2v) is 3.63. The van der Waals surface area contributed by atoms with Crippen molar-refractivity contribution in [2.45, 2.75) is 24.3 Å². The molecule has 3 nitrogen and oxygen atoms in total. The molecule has 0 aliphatic rings. The van der Waals surface area contributed by atoms with Crippen LogP contribution in [0, 0.1) is 0 Å². The molecule has 0 radical (unpaired) electrons. The van der Waals surface area contributed by atoms with Crippen molar-refractivity contribution in [1.29, 1.82) is 0 Å². The normalized spacial score (nSPS) is 10.3. The molecule has 0 aliphatic carbocycles. The molecule has 0 unspecified atom stereocenters. The van der Waals surface area contributed by atoms with Crippen LogP contribution >= 0.6 is 11.8 Å². The highest BCUT2D eigenvalue weighted by molar-refractivity contribution is 7.99. The Bertz CT molecular complexity index is 187. The minimum absolute atomic E-state index is 0.530. The standard InChI is InChI=1S/C6H9N3S/c1-5(2)10-6-8-3-7-4-9-6/h3-5H,1-2H3. The van der Waals surface area contributed by atoms with E-state index in [1.807, 2.05) is 0 Å². The summed E-state index contributed by atoms with van der Waals surface area (Å²) in [5.74, 6) is 0. The van der Waals surface area contributed by atoms with Gasteiger partial charge in [0.2, 0.25) is 0 Å². The topological polar surface area (TPSA) is 38.7 Å². The molecule has 1 rings (SSSR count). The predicted octanol–water partition coefficient (Wildman–Crippen LogP) is 1.37. The zero-order chi connectivity index (χ0) is 7.40. The van der Waals surface area contributed by atoms with Gasteiger partial charge in [-0.05, 0) is 0 Å². The highest BCUT2D eigenvalue weighted by Gasteiger charge is 1.98. The first-order chi connectivity index (χ1) is 4.79. The van der Waals surface area contributed by atoms with Gasteiger partial charge in [-0.25, -0.2) is 15.0 Å². The van der Waals surface area contributed by atoms with Crippen molar-refractivity contribution in [3.63, 3.8) is 0 Å². The molecule has 4 heteroatoms. The third kappa shape index (κ3) is 2.31. The number of nitrogens with zero attached hydrogens (tertiary/aromatic N) is 3. The predicted molar refractivity (Wildman–Crippen MR) is 40.8 cm³/mol. The average molecular weight is 155 g/mol. The van der Waals surface area contributed by atoms with Crippen molar-refractivity contribution >= 4 is 11.8 Å². The Morgan fingerprint density at radius 1 is 1.30 bits per heavy atom. The molecule has 0 atom stereocenters. The molecule has 0 bridgehead atoms. The number of aromatic nitrogens is 3. The molecular formula is C6H9N3S. The molecule has 1 aromatic heterocycles. The molecule has 0 fully saturated rings. The van der Waals surface area contributed by atoms with E-state index in [1.54, 1.807) is 11.8 Å². The molecule has 1 aromatic rings. The van der Waals surface area contributed by atoms with E-state index in [9.17, 15) is 0 Å². The quantitative estimate of drug-likeness (QED) is 0.605. The Morgan fingerprint density at radius 2 is 1.90 bits per heavy atom. The fourth-order valence-corrected chi connectivity index (χ4v) is 1.14. The van der Waals surface area contributed by atoms with Gasteiger partial charge < -0.3 is 0 Å². The summed E-state index contributed by atoms with van der Waals surface area (Å²) in [7, 11) is 0. The van der Waals surface area contributed by atoms with E-state index < -0.39 is 0 Å². The van der Waals surface area contributed by atoms with Crippen LogP contribution < -0.4 is 0 Å². The highest BCUT2D eigenvalue weighted by atomic mass is 32.2. The second-order valence-electron chi connectivity index (χ2n) is 2.09. The molecule has 0 N–H and O–H groups in total. The summed E-state index contributed by atoms with van der Waals surface area (Å²) in [5, 5.41) is 1.33. The van der Waals surface area contributed by atoms with Crippen LogP contribution in [0.1, 0.15) is 13.8 Å². The van der Waals surface area contributed by atoms with Crippen molar-refractivity contribution in [1.82, 2.24) is 15.0 Å². The van der Waals surface area contributed by atoms with Crippen LogP contribution in [-0.2, 0) is 0 Å². The fraction of sp³-hybridized carbons (Fsp3) is 0.500. The summed E-state index contributed by atoms with van der Waals surface area (Å²) in [4.78, 5) is 11.6. The van der Waals surface area contributed by atoms with Crippen molar-refractivity contribution < 1.29 is 0 Å². The number of rotatable bonds is 2. The Labute approximate surface area is 64.3 Å². The summed E-state index contributed by atoms with van der Waals surface area (Å²) in [6.07, 6.45) is 3.02. The van der Waals surface area contributed by atoms with Crippen molar-refractivity contribution in [3.8, 4) is 0 Å². The van der Waals surface area contributed by atoms with Crippen LogP contribution in [0.25, 0.3) is 0 Å². The molecule has 0 aliphatic heterocycles. The van der Waals surface area contributed by atoms with E-state index in [1.165, 1.54) is 12.7 Å². The summed E-state index contributed by atoms with van der Waals surface area (Å²) >= 11 is 1.64. The Kier molecular flexibility index (Phi) is 2.62. The van der Waals surface area contributed by atoms with Crippen LogP contribution in [0.15, 0.2) is 17.8 Å². The SMILES string of the molecule is CC(C)Sc1ncncn1. The first kappa shape index (κ1) is 7.47. The second kappa shape index (κ2) is 3.51. The Morgan fingerprint density at radius 3 is 2.40 bits per heavy atom. The number of thioether (sulfide) groups is 1. The summed E-state index contributed by atoms with van der Waals surface area (Å²) in [6.45, 7) is 4.21. The van der Waals surface area contributed by atoms with Gasteiger partial charge in [-0.3, -0.25) is 0 Å². The van der Waals surface area contributed by atoms with Crippen LogP contribution in [0.2, 0.25) is 0 Å². The zero-order valence-corrected chi connectivity index (χ0v) is 6.80. The van der Waals surface area contributed by atoms with E-state index in [0.29, 0.717) is 5.25 Å². The molecule has 1 heterocycles. The first-order valence-electron chi connectivity index (χ1n) is 3.07. The van der Waals surface area contributed by atoms with Gasteiger partial charge in [0.05, 0.1) is 0 Å². The van der Waals surface area contributed by atoms with Crippen molar-refractivity contribution in [3.05, 3.63) is 12.7 Å². The lowest BCUT2D eigenvalue weighted by atomic mass is 10.6.